The number of aromatic nitrogens is 1. The molecule has 1 aromatic heterocycles. The summed E-state index contributed by atoms with van der Waals surface area (Å²) in [5.41, 5.74) is 2.19. The summed E-state index contributed by atoms with van der Waals surface area (Å²) in [5, 5.41) is 3.07. The minimum atomic E-state index is -0.800. The zero-order valence-electron chi connectivity index (χ0n) is 25.9. The maximum atomic E-state index is 14.3. The van der Waals surface area contributed by atoms with E-state index in [2.05, 4.69) is 16.4 Å². The second-order valence-corrected chi connectivity index (χ2v) is 12.9. The van der Waals surface area contributed by atoms with Crippen molar-refractivity contribution in [2.24, 2.45) is 5.92 Å². The molecule has 0 unspecified atom stereocenters. The van der Waals surface area contributed by atoms with E-state index in [0.29, 0.717) is 12.3 Å². The molecule has 2 aromatic rings. The molecule has 43 heavy (non-hydrogen) atoms. The number of rotatable bonds is 7. The van der Waals surface area contributed by atoms with E-state index in [-0.39, 0.29) is 30.6 Å². The normalized spacial score (nSPS) is 19.9. The van der Waals surface area contributed by atoms with Crippen LogP contribution in [0, 0.1) is 5.92 Å². The lowest BCUT2D eigenvalue weighted by Crippen LogP contribution is -2.56. The molecule has 1 N–H and O–H groups in total. The molecule has 10 nitrogen and oxygen atoms in total. The zero-order chi connectivity index (χ0) is 30.7. The summed E-state index contributed by atoms with van der Waals surface area (Å²) < 4.78 is 16.5. The van der Waals surface area contributed by atoms with Crippen LogP contribution in [-0.2, 0) is 14.3 Å². The first-order valence-electron chi connectivity index (χ1n) is 15.4. The lowest BCUT2D eigenvalue weighted by Gasteiger charge is -2.36. The van der Waals surface area contributed by atoms with E-state index < -0.39 is 23.8 Å². The maximum absolute atomic E-state index is 14.3. The van der Waals surface area contributed by atoms with Crippen LogP contribution >= 0.6 is 0 Å². The molecule has 3 amide bonds. The number of amides is 3. The molecule has 1 saturated heterocycles. The zero-order valence-corrected chi connectivity index (χ0v) is 25.9. The molecule has 3 heterocycles. The van der Waals surface area contributed by atoms with Crippen molar-refractivity contribution in [2.75, 3.05) is 20.4 Å². The predicted molar refractivity (Wildman–Crippen MR) is 161 cm³/mol. The SMILES string of the molecule is C[C@@H](C(=O)N[C@H](C(=O)N1CCC[C@H]1c1cncc(-c2ccc3c(c2)OCO3)c1)C1CCCCC1)N(C)C(=O)OC(C)(C)C. The van der Waals surface area contributed by atoms with Gasteiger partial charge in [0.15, 0.2) is 11.5 Å². The summed E-state index contributed by atoms with van der Waals surface area (Å²) in [7, 11) is 1.55. The monoisotopic (exact) mass is 592 g/mol. The molecule has 1 aromatic carbocycles. The fourth-order valence-electron chi connectivity index (χ4n) is 6.22. The number of fused-ring (bicyclic) bond motifs is 1. The van der Waals surface area contributed by atoms with Crippen molar-refractivity contribution in [1.29, 1.82) is 0 Å². The van der Waals surface area contributed by atoms with Gasteiger partial charge in [-0.1, -0.05) is 25.3 Å². The standard InChI is InChI=1S/C33H44N4O6/c1-21(36(5)32(40)43-33(2,3)4)30(38)35-29(22-10-7-6-8-11-22)31(39)37-15-9-12-26(37)25-16-24(18-34-19-25)23-13-14-27-28(17-23)42-20-41-27/h13-14,16-19,21-22,26,29H,6-12,15,20H2,1-5H3,(H,35,38)/t21-,26-,29-/m0/s1. The van der Waals surface area contributed by atoms with Gasteiger partial charge in [0, 0.05) is 31.5 Å². The smallest absolute Gasteiger partial charge is 0.410 e. The van der Waals surface area contributed by atoms with Gasteiger partial charge in [0.1, 0.15) is 17.7 Å². The highest BCUT2D eigenvalue weighted by Crippen LogP contribution is 2.38. The number of likely N-dealkylation sites (N-methyl/N-ethyl adjacent to an activating group) is 1. The average Bonchev–Trinajstić information content (AvgIpc) is 3.68. The first kappa shape index (κ1) is 30.6. The Hall–Kier alpha value is -3.82. The Morgan fingerprint density at radius 1 is 1.00 bits per heavy atom. The summed E-state index contributed by atoms with van der Waals surface area (Å²) >= 11 is 0. The first-order valence-corrected chi connectivity index (χ1v) is 15.4. The Bertz CT molecular complexity index is 1330. The average molecular weight is 593 g/mol. The Morgan fingerprint density at radius 3 is 2.49 bits per heavy atom. The van der Waals surface area contributed by atoms with Crippen molar-refractivity contribution < 1.29 is 28.6 Å². The second kappa shape index (κ2) is 12.8. The van der Waals surface area contributed by atoms with Gasteiger partial charge in [-0.15, -0.1) is 0 Å². The second-order valence-electron chi connectivity index (χ2n) is 12.9. The van der Waals surface area contributed by atoms with E-state index in [1.165, 1.54) is 4.90 Å². The van der Waals surface area contributed by atoms with Crippen molar-refractivity contribution in [2.45, 2.75) is 96.4 Å². The fourth-order valence-corrected chi connectivity index (χ4v) is 6.22. The fraction of sp³-hybridized carbons (Fsp3) is 0.576. The number of nitrogens with zero attached hydrogens (tertiary/aromatic N) is 3. The number of benzene rings is 1. The van der Waals surface area contributed by atoms with Crippen molar-refractivity contribution in [3.8, 4) is 22.6 Å². The molecule has 0 spiro atoms. The summed E-state index contributed by atoms with van der Waals surface area (Å²) in [6.45, 7) is 7.85. The van der Waals surface area contributed by atoms with Crippen LogP contribution in [0.4, 0.5) is 4.79 Å². The molecule has 232 valence electrons. The minimum Gasteiger partial charge on any atom is -0.454 e. The number of likely N-dealkylation sites (tertiary alicyclic amines) is 1. The number of ether oxygens (including phenoxy) is 3. The van der Waals surface area contributed by atoms with E-state index in [1.807, 2.05) is 35.5 Å². The molecule has 3 aliphatic rings. The topological polar surface area (TPSA) is 110 Å². The molecule has 0 radical (unpaired) electrons. The van der Waals surface area contributed by atoms with Crippen LogP contribution in [0.2, 0.25) is 0 Å². The highest BCUT2D eigenvalue weighted by molar-refractivity contribution is 5.91. The van der Waals surface area contributed by atoms with E-state index in [1.54, 1.807) is 34.7 Å². The van der Waals surface area contributed by atoms with Crippen molar-refractivity contribution in [1.82, 2.24) is 20.1 Å². The summed E-state index contributed by atoms with van der Waals surface area (Å²) in [6.07, 6.45) is 9.71. The van der Waals surface area contributed by atoms with Gasteiger partial charge in [-0.05, 0) is 88.6 Å². The van der Waals surface area contributed by atoms with Gasteiger partial charge < -0.3 is 24.4 Å². The van der Waals surface area contributed by atoms with Crippen molar-refractivity contribution in [3.63, 3.8) is 0 Å². The van der Waals surface area contributed by atoms with E-state index in [9.17, 15) is 14.4 Å². The van der Waals surface area contributed by atoms with Crippen molar-refractivity contribution >= 4 is 17.9 Å². The van der Waals surface area contributed by atoms with Crippen LogP contribution < -0.4 is 14.8 Å². The van der Waals surface area contributed by atoms with Gasteiger partial charge in [-0.25, -0.2) is 4.79 Å². The minimum absolute atomic E-state index is 0.0450. The molecule has 1 aliphatic carbocycles. The van der Waals surface area contributed by atoms with Crippen molar-refractivity contribution in [3.05, 3.63) is 42.2 Å². The Labute approximate surface area is 254 Å². The third-order valence-electron chi connectivity index (χ3n) is 8.71. The summed E-state index contributed by atoms with van der Waals surface area (Å²) in [5.74, 6) is 1.05. The number of carbonyl (C=O) groups is 3. The van der Waals surface area contributed by atoms with Crippen LogP contribution in [0.25, 0.3) is 11.1 Å². The molecule has 1 saturated carbocycles. The Kier molecular flexibility index (Phi) is 9.13. The number of hydrogen-bond donors (Lipinski definition) is 1. The van der Waals surface area contributed by atoms with E-state index in [4.69, 9.17) is 14.2 Å². The van der Waals surface area contributed by atoms with Gasteiger partial charge in [-0.2, -0.15) is 0 Å². The Balaban J connectivity index is 1.34. The van der Waals surface area contributed by atoms with Crippen LogP contribution in [0.1, 0.15) is 84.2 Å². The van der Waals surface area contributed by atoms with Gasteiger partial charge in [0.05, 0.1) is 6.04 Å². The van der Waals surface area contributed by atoms with Gasteiger partial charge in [-0.3, -0.25) is 19.5 Å². The molecule has 2 fully saturated rings. The van der Waals surface area contributed by atoms with Crippen LogP contribution in [0.3, 0.4) is 0 Å². The quantitative estimate of drug-likeness (QED) is 0.455. The third kappa shape index (κ3) is 7.05. The lowest BCUT2D eigenvalue weighted by molar-refractivity contribution is -0.140. The number of carbonyl (C=O) groups excluding carboxylic acids is 3. The third-order valence-corrected chi connectivity index (χ3v) is 8.71. The Morgan fingerprint density at radius 2 is 1.74 bits per heavy atom. The first-order chi connectivity index (χ1) is 20.5. The van der Waals surface area contributed by atoms with Crippen LogP contribution in [0.15, 0.2) is 36.7 Å². The van der Waals surface area contributed by atoms with Gasteiger partial charge >= 0.3 is 6.09 Å². The highest BCUT2D eigenvalue weighted by atomic mass is 16.7. The molecular formula is C33H44N4O6. The largest absolute Gasteiger partial charge is 0.454 e. The molecule has 3 atom stereocenters. The van der Waals surface area contributed by atoms with E-state index in [0.717, 1.165) is 67.4 Å². The molecular weight excluding hydrogens is 548 g/mol. The predicted octanol–water partition coefficient (Wildman–Crippen LogP) is 5.46. The van der Waals surface area contributed by atoms with E-state index >= 15 is 0 Å². The number of nitrogens with one attached hydrogen (secondary N) is 1. The summed E-state index contributed by atoms with van der Waals surface area (Å²) in [4.78, 5) is 48.2. The van der Waals surface area contributed by atoms with Gasteiger partial charge in [0.25, 0.3) is 0 Å². The molecule has 0 bridgehead atoms. The number of hydrogen-bond acceptors (Lipinski definition) is 7. The van der Waals surface area contributed by atoms with Crippen LogP contribution in [-0.4, -0.2) is 70.8 Å². The maximum Gasteiger partial charge on any atom is 0.410 e. The number of pyridine rings is 1. The molecule has 2 aliphatic heterocycles. The molecule has 10 heteroatoms. The molecule has 5 rings (SSSR count). The van der Waals surface area contributed by atoms with Crippen LogP contribution in [0.5, 0.6) is 11.5 Å². The highest BCUT2D eigenvalue weighted by Gasteiger charge is 2.40. The summed E-state index contributed by atoms with van der Waals surface area (Å²) in [6, 6.07) is 6.32. The van der Waals surface area contributed by atoms with Gasteiger partial charge in [0.2, 0.25) is 18.6 Å². The lowest BCUT2D eigenvalue weighted by atomic mass is 9.83.